The van der Waals surface area contributed by atoms with Gasteiger partial charge in [0.05, 0.1) is 21.3 Å². The first-order valence-electron chi connectivity index (χ1n) is 10.3. The van der Waals surface area contributed by atoms with Gasteiger partial charge in [-0.3, -0.25) is 4.79 Å². The number of nitrogens with one attached hydrogen (secondary N) is 1. The fourth-order valence-corrected chi connectivity index (χ4v) is 3.75. The molecular weight excluding hydrogens is 392 g/mol. The van der Waals surface area contributed by atoms with E-state index in [0.717, 1.165) is 28.1 Å². The van der Waals surface area contributed by atoms with Gasteiger partial charge in [-0.15, -0.1) is 0 Å². The molecule has 1 amide bonds. The SMILES string of the molecule is COc1cccc(Cn2c(C)cc(C)c2C(=O)NCCc2ccc(OC)c(OC)c2)c1. The third-order valence-corrected chi connectivity index (χ3v) is 5.33. The molecule has 31 heavy (non-hydrogen) atoms. The number of hydrogen-bond acceptors (Lipinski definition) is 4. The number of benzene rings is 2. The lowest BCUT2D eigenvalue weighted by Crippen LogP contribution is -2.29. The standard InChI is InChI=1S/C25H30N2O4/c1-17-13-18(2)27(16-20-7-6-8-21(14-20)29-3)24(17)25(28)26-12-11-19-9-10-22(30-4)23(15-19)31-5/h6-10,13-15H,11-12,16H2,1-5H3,(H,26,28). The average Bonchev–Trinajstić information content (AvgIpc) is 3.06. The van der Waals surface area contributed by atoms with Crippen molar-refractivity contribution in [1.82, 2.24) is 9.88 Å². The number of ether oxygens (including phenoxy) is 3. The van der Waals surface area contributed by atoms with E-state index in [9.17, 15) is 4.79 Å². The quantitative estimate of drug-likeness (QED) is 0.563. The molecule has 0 aliphatic carbocycles. The Kier molecular flexibility index (Phi) is 7.23. The molecule has 6 heteroatoms. The van der Waals surface area contributed by atoms with E-state index in [-0.39, 0.29) is 5.91 Å². The second-order valence-electron chi connectivity index (χ2n) is 7.45. The van der Waals surface area contributed by atoms with Crippen LogP contribution in [0.25, 0.3) is 0 Å². The normalized spacial score (nSPS) is 10.6. The van der Waals surface area contributed by atoms with E-state index < -0.39 is 0 Å². The highest BCUT2D eigenvalue weighted by molar-refractivity contribution is 5.94. The van der Waals surface area contributed by atoms with Crippen LogP contribution in [0.1, 0.15) is 32.9 Å². The summed E-state index contributed by atoms with van der Waals surface area (Å²) in [5, 5.41) is 3.06. The van der Waals surface area contributed by atoms with Gasteiger partial charge in [0.2, 0.25) is 0 Å². The van der Waals surface area contributed by atoms with Gasteiger partial charge < -0.3 is 24.1 Å². The molecule has 0 radical (unpaired) electrons. The minimum atomic E-state index is -0.0750. The van der Waals surface area contributed by atoms with Crippen LogP contribution in [-0.4, -0.2) is 38.3 Å². The maximum atomic E-state index is 13.0. The number of aryl methyl sites for hydroxylation is 2. The largest absolute Gasteiger partial charge is 0.497 e. The molecule has 1 N–H and O–H groups in total. The summed E-state index contributed by atoms with van der Waals surface area (Å²) in [6.45, 7) is 5.12. The van der Waals surface area contributed by atoms with Gasteiger partial charge in [0.15, 0.2) is 11.5 Å². The summed E-state index contributed by atoms with van der Waals surface area (Å²) in [7, 11) is 4.88. The Labute approximate surface area is 183 Å². The topological polar surface area (TPSA) is 61.7 Å². The highest BCUT2D eigenvalue weighted by atomic mass is 16.5. The number of amides is 1. The van der Waals surface area contributed by atoms with E-state index in [1.54, 1.807) is 21.3 Å². The maximum absolute atomic E-state index is 13.0. The first-order valence-corrected chi connectivity index (χ1v) is 10.3. The minimum Gasteiger partial charge on any atom is -0.497 e. The van der Waals surface area contributed by atoms with Crippen LogP contribution in [0.5, 0.6) is 17.2 Å². The van der Waals surface area contributed by atoms with Crippen LogP contribution >= 0.6 is 0 Å². The van der Waals surface area contributed by atoms with Crippen molar-refractivity contribution in [3.63, 3.8) is 0 Å². The molecule has 3 rings (SSSR count). The predicted molar refractivity (Wildman–Crippen MR) is 122 cm³/mol. The highest BCUT2D eigenvalue weighted by Crippen LogP contribution is 2.27. The van der Waals surface area contributed by atoms with Gasteiger partial charge >= 0.3 is 0 Å². The van der Waals surface area contributed by atoms with Gasteiger partial charge in [0, 0.05) is 18.8 Å². The predicted octanol–water partition coefficient (Wildman–Crippen LogP) is 4.15. The molecule has 3 aromatic rings. The molecule has 1 heterocycles. The summed E-state index contributed by atoms with van der Waals surface area (Å²) >= 11 is 0. The Balaban J connectivity index is 1.70. The van der Waals surface area contributed by atoms with E-state index in [1.165, 1.54) is 0 Å². The van der Waals surface area contributed by atoms with E-state index in [1.807, 2.05) is 62.4 Å². The summed E-state index contributed by atoms with van der Waals surface area (Å²) in [5.74, 6) is 2.11. The Morgan fingerprint density at radius 3 is 2.39 bits per heavy atom. The number of methoxy groups -OCH3 is 3. The summed E-state index contributed by atoms with van der Waals surface area (Å²) in [6.07, 6.45) is 0.695. The first kappa shape index (κ1) is 22.3. The van der Waals surface area contributed by atoms with Crippen molar-refractivity contribution in [3.8, 4) is 17.2 Å². The fraction of sp³-hybridized carbons (Fsp3) is 0.320. The average molecular weight is 423 g/mol. The van der Waals surface area contributed by atoms with Gasteiger partial charge in [0.25, 0.3) is 5.91 Å². The molecule has 0 unspecified atom stereocenters. The lowest BCUT2D eigenvalue weighted by molar-refractivity contribution is 0.0944. The second-order valence-corrected chi connectivity index (χ2v) is 7.45. The number of aromatic nitrogens is 1. The number of carbonyl (C=O) groups excluding carboxylic acids is 1. The van der Waals surface area contributed by atoms with E-state index in [2.05, 4.69) is 9.88 Å². The molecule has 0 saturated carbocycles. The smallest absolute Gasteiger partial charge is 0.268 e. The van der Waals surface area contributed by atoms with Crippen LogP contribution in [0.15, 0.2) is 48.5 Å². The van der Waals surface area contributed by atoms with Crippen molar-refractivity contribution in [1.29, 1.82) is 0 Å². The van der Waals surface area contributed by atoms with Crippen molar-refractivity contribution in [3.05, 3.63) is 76.6 Å². The van der Waals surface area contributed by atoms with Crippen LogP contribution < -0.4 is 19.5 Å². The van der Waals surface area contributed by atoms with Crippen LogP contribution in [0, 0.1) is 13.8 Å². The molecule has 164 valence electrons. The Morgan fingerprint density at radius 2 is 1.68 bits per heavy atom. The van der Waals surface area contributed by atoms with Gasteiger partial charge in [-0.2, -0.15) is 0 Å². The Morgan fingerprint density at radius 1 is 0.903 bits per heavy atom. The highest BCUT2D eigenvalue weighted by Gasteiger charge is 2.17. The molecule has 0 aliphatic rings. The van der Waals surface area contributed by atoms with Crippen LogP contribution in [0.4, 0.5) is 0 Å². The lowest BCUT2D eigenvalue weighted by atomic mass is 10.1. The number of nitrogens with zero attached hydrogens (tertiary/aromatic N) is 1. The molecular formula is C25H30N2O4. The lowest BCUT2D eigenvalue weighted by Gasteiger charge is -2.14. The fourth-order valence-electron chi connectivity index (χ4n) is 3.75. The van der Waals surface area contributed by atoms with E-state index in [4.69, 9.17) is 14.2 Å². The zero-order valence-corrected chi connectivity index (χ0v) is 18.8. The van der Waals surface area contributed by atoms with Crippen LogP contribution in [0.3, 0.4) is 0 Å². The monoisotopic (exact) mass is 422 g/mol. The maximum Gasteiger partial charge on any atom is 0.268 e. The number of carbonyl (C=O) groups is 1. The van der Waals surface area contributed by atoms with Crippen LogP contribution in [0.2, 0.25) is 0 Å². The van der Waals surface area contributed by atoms with E-state index >= 15 is 0 Å². The second kappa shape index (κ2) is 10.1. The molecule has 0 spiro atoms. The van der Waals surface area contributed by atoms with Crippen molar-refractivity contribution in [2.24, 2.45) is 0 Å². The summed E-state index contributed by atoms with van der Waals surface area (Å²) < 4.78 is 18.0. The van der Waals surface area contributed by atoms with Crippen LogP contribution in [-0.2, 0) is 13.0 Å². The van der Waals surface area contributed by atoms with Gasteiger partial charge in [-0.05, 0) is 67.3 Å². The minimum absolute atomic E-state index is 0.0750. The molecule has 6 nitrogen and oxygen atoms in total. The van der Waals surface area contributed by atoms with Crippen molar-refractivity contribution in [2.45, 2.75) is 26.8 Å². The van der Waals surface area contributed by atoms with Gasteiger partial charge in [0.1, 0.15) is 11.4 Å². The third kappa shape index (κ3) is 5.20. The van der Waals surface area contributed by atoms with Crippen molar-refractivity contribution in [2.75, 3.05) is 27.9 Å². The Bertz CT molecular complexity index is 1060. The Hall–Kier alpha value is -3.41. The van der Waals surface area contributed by atoms with Crippen molar-refractivity contribution < 1.29 is 19.0 Å². The zero-order valence-electron chi connectivity index (χ0n) is 18.8. The third-order valence-electron chi connectivity index (χ3n) is 5.33. The molecule has 0 atom stereocenters. The van der Waals surface area contributed by atoms with Crippen molar-refractivity contribution >= 4 is 5.91 Å². The summed E-state index contributed by atoms with van der Waals surface area (Å²) in [5.41, 5.74) is 4.84. The molecule has 0 fully saturated rings. The number of rotatable bonds is 9. The van der Waals surface area contributed by atoms with Gasteiger partial charge in [-0.1, -0.05) is 18.2 Å². The molecule has 0 aliphatic heterocycles. The molecule has 0 saturated heterocycles. The molecule has 2 aromatic carbocycles. The van der Waals surface area contributed by atoms with Gasteiger partial charge in [-0.25, -0.2) is 0 Å². The number of hydrogen-bond donors (Lipinski definition) is 1. The zero-order chi connectivity index (χ0) is 22.4. The van der Waals surface area contributed by atoms with E-state index in [0.29, 0.717) is 36.7 Å². The molecule has 1 aromatic heterocycles. The first-order chi connectivity index (χ1) is 15.0. The molecule has 0 bridgehead atoms. The summed E-state index contributed by atoms with van der Waals surface area (Å²) in [6, 6.07) is 15.7. The summed E-state index contributed by atoms with van der Waals surface area (Å²) in [4.78, 5) is 13.0.